The Morgan fingerprint density at radius 2 is 2.05 bits per heavy atom. The summed E-state index contributed by atoms with van der Waals surface area (Å²) in [4.78, 5) is 24.8. The molecule has 0 spiro atoms. The molecule has 5 heteroatoms. The number of carbonyl (C=O) groups excluding carboxylic acids is 1. The highest BCUT2D eigenvalue weighted by Crippen LogP contribution is 2.30. The van der Waals surface area contributed by atoms with Crippen molar-refractivity contribution in [1.29, 1.82) is 0 Å². The number of ether oxygens (including phenoxy) is 1. The normalized spacial score (nSPS) is 24.8. The molecule has 108 valence electrons. The second-order valence-electron chi connectivity index (χ2n) is 5.57. The molecule has 19 heavy (non-hydrogen) atoms. The number of amides is 1. The SMILES string of the molecule is CC(C(=O)O)N(C(=O)CCC1CCCCO1)C1CC1. The zero-order chi connectivity index (χ0) is 13.8. The van der Waals surface area contributed by atoms with Gasteiger partial charge in [-0.05, 0) is 45.4 Å². The number of carboxylic acids is 1. The third-order valence-corrected chi connectivity index (χ3v) is 3.96. The highest BCUT2D eigenvalue weighted by atomic mass is 16.5. The van der Waals surface area contributed by atoms with Crippen LogP contribution in [0.25, 0.3) is 0 Å². The smallest absolute Gasteiger partial charge is 0.326 e. The van der Waals surface area contributed by atoms with E-state index >= 15 is 0 Å². The van der Waals surface area contributed by atoms with Gasteiger partial charge in [0.2, 0.25) is 5.91 Å². The Morgan fingerprint density at radius 3 is 2.58 bits per heavy atom. The number of nitrogens with zero attached hydrogens (tertiary/aromatic N) is 1. The minimum Gasteiger partial charge on any atom is -0.480 e. The summed E-state index contributed by atoms with van der Waals surface area (Å²) in [5.74, 6) is -0.958. The van der Waals surface area contributed by atoms with Gasteiger partial charge in [-0.1, -0.05) is 0 Å². The van der Waals surface area contributed by atoms with E-state index in [2.05, 4.69) is 0 Å². The first-order valence-electron chi connectivity index (χ1n) is 7.25. The molecule has 1 aliphatic heterocycles. The molecular weight excluding hydrogens is 246 g/mol. The Bertz CT molecular complexity index is 334. The summed E-state index contributed by atoms with van der Waals surface area (Å²) < 4.78 is 5.61. The van der Waals surface area contributed by atoms with Gasteiger partial charge in [0.15, 0.2) is 0 Å². The van der Waals surface area contributed by atoms with Gasteiger partial charge in [-0.25, -0.2) is 4.79 Å². The van der Waals surface area contributed by atoms with E-state index in [1.807, 2.05) is 0 Å². The lowest BCUT2D eigenvalue weighted by Gasteiger charge is -2.28. The van der Waals surface area contributed by atoms with Crippen LogP contribution in [0.5, 0.6) is 0 Å². The van der Waals surface area contributed by atoms with Crippen LogP contribution in [-0.2, 0) is 14.3 Å². The Balaban J connectivity index is 1.83. The van der Waals surface area contributed by atoms with Gasteiger partial charge in [-0.3, -0.25) is 4.79 Å². The van der Waals surface area contributed by atoms with Crippen molar-refractivity contribution in [1.82, 2.24) is 4.90 Å². The van der Waals surface area contributed by atoms with Crippen LogP contribution in [0.3, 0.4) is 0 Å². The van der Waals surface area contributed by atoms with Crippen molar-refractivity contribution in [2.45, 2.75) is 70.1 Å². The van der Waals surface area contributed by atoms with E-state index in [0.29, 0.717) is 12.8 Å². The Morgan fingerprint density at radius 1 is 1.32 bits per heavy atom. The van der Waals surface area contributed by atoms with Crippen LogP contribution in [0.1, 0.15) is 51.9 Å². The van der Waals surface area contributed by atoms with Crippen molar-refractivity contribution >= 4 is 11.9 Å². The van der Waals surface area contributed by atoms with Gasteiger partial charge in [-0.15, -0.1) is 0 Å². The number of carboxylic acid groups (broad SMARTS) is 1. The van der Waals surface area contributed by atoms with Crippen molar-refractivity contribution in [2.24, 2.45) is 0 Å². The molecule has 0 aromatic carbocycles. The molecule has 0 aromatic rings. The van der Waals surface area contributed by atoms with Crippen molar-refractivity contribution < 1.29 is 19.4 Å². The molecule has 1 saturated heterocycles. The molecule has 2 rings (SSSR count). The summed E-state index contributed by atoms with van der Waals surface area (Å²) in [6.45, 7) is 2.38. The average Bonchev–Trinajstić information content (AvgIpc) is 3.22. The largest absolute Gasteiger partial charge is 0.480 e. The predicted molar refractivity (Wildman–Crippen MR) is 69.8 cm³/mol. The molecule has 1 saturated carbocycles. The Labute approximate surface area is 113 Å². The maximum absolute atomic E-state index is 12.2. The molecule has 2 aliphatic rings. The molecule has 1 amide bonds. The predicted octanol–water partition coefficient (Wildman–Crippen LogP) is 1.80. The van der Waals surface area contributed by atoms with E-state index in [-0.39, 0.29) is 18.1 Å². The zero-order valence-corrected chi connectivity index (χ0v) is 11.5. The van der Waals surface area contributed by atoms with Crippen molar-refractivity contribution in [2.75, 3.05) is 6.61 Å². The minimum atomic E-state index is -0.922. The highest BCUT2D eigenvalue weighted by Gasteiger charge is 2.38. The fraction of sp³-hybridized carbons (Fsp3) is 0.857. The van der Waals surface area contributed by atoms with E-state index in [1.165, 1.54) is 0 Å². The molecule has 0 bridgehead atoms. The maximum Gasteiger partial charge on any atom is 0.326 e. The molecule has 0 aromatic heterocycles. The molecule has 1 N–H and O–H groups in total. The summed E-state index contributed by atoms with van der Waals surface area (Å²) in [7, 11) is 0. The van der Waals surface area contributed by atoms with Gasteiger partial charge in [0.1, 0.15) is 6.04 Å². The van der Waals surface area contributed by atoms with Crippen molar-refractivity contribution in [3.63, 3.8) is 0 Å². The molecular formula is C14H23NO4. The lowest BCUT2D eigenvalue weighted by molar-refractivity contribution is -0.150. The molecule has 1 aliphatic carbocycles. The van der Waals surface area contributed by atoms with Crippen LogP contribution >= 0.6 is 0 Å². The number of rotatable bonds is 6. The summed E-state index contributed by atoms with van der Waals surface area (Å²) in [6, 6.07) is -0.571. The van der Waals surface area contributed by atoms with Crippen LogP contribution < -0.4 is 0 Å². The van der Waals surface area contributed by atoms with Crippen LogP contribution in [0.4, 0.5) is 0 Å². The number of aliphatic carboxylic acids is 1. The van der Waals surface area contributed by atoms with Gasteiger partial charge in [0.25, 0.3) is 0 Å². The van der Waals surface area contributed by atoms with Crippen molar-refractivity contribution in [3.8, 4) is 0 Å². The number of hydrogen-bond donors (Lipinski definition) is 1. The molecule has 0 radical (unpaired) electrons. The molecule has 2 atom stereocenters. The second-order valence-corrected chi connectivity index (χ2v) is 5.57. The van der Waals surface area contributed by atoms with Crippen LogP contribution in [0.2, 0.25) is 0 Å². The number of carbonyl (C=O) groups is 2. The standard InChI is InChI=1S/C14H23NO4/c1-10(14(17)18)15(11-5-6-11)13(16)8-7-12-4-2-3-9-19-12/h10-12H,2-9H2,1H3,(H,17,18). The van der Waals surface area contributed by atoms with Gasteiger partial charge in [0, 0.05) is 19.1 Å². The highest BCUT2D eigenvalue weighted by molar-refractivity contribution is 5.84. The topological polar surface area (TPSA) is 66.8 Å². The van der Waals surface area contributed by atoms with Gasteiger partial charge in [-0.2, -0.15) is 0 Å². The minimum absolute atomic E-state index is 0.0356. The van der Waals surface area contributed by atoms with Gasteiger partial charge in [0.05, 0.1) is 6.10 Å². The lowest BCUT2D eigenvalue weighted by Crippen LogP contribution is -2.45. The Kier molecular flexibility index (Phi) is 4.80. The lowest BCUT2D eigenvalue weighted by atomic mass is 10.0. The van der Waals surface area contributed by atoms with E-state index in [1.54, 1.807) is 11.8 Å². The monoisotopic (exact) mass is 269 g/mol. The third-order valence-electron chi connectivity index (χ3n) is 3.96. The van der Waals surface area contributed by atoms with E-state index in [0.717, 1.165) is 38.7 Å². The summed E-state index contributed by atoms with van der Waals surface area (Å²) >= 11 is 0. The third kappa shape index (κ3) is 3.93. The van der Waals surface area contributed by atoms with E-state index in [9.17, 15) is 9.59 Å². The van der Waals surface area contributed by atoms with E-state index in [4.69, 9.17) is 9.84 Å². The Hall–Kier alpha value is -1.10. The fourth-order valence-corrected chi connectivity index (χ4v) is 2.66. The maximum atomic E-state index is 12.2. The summed E-state index contributed by atoms with van der Waals surface area (Å²) in [6.07, 6.45) is 6.45. The average molecular weight is 269 g/mol. The fourth-order valence-electron chi connectivity index (χ4n) is 2.66. The zero-order valence-electron chi connectivity index (χ0n) is 11.5. The molecule has 2 fully saturated rings. The molecule has 2 unspecified atom stereocenters. The first-order chi connectivity index (χ1) is 9.09. The van der Waals surface area contributed by atoms with Gasteiger partial charge < -0.3 is 14.7 Å². The summed E-state index contributed by atoms with van der Waals surface area (Å²) in [5, 5.41) is 9.08. The van der Waals surface area contributed by atoms with Crippen LogP contribution in [-0.4, -0.2) is 46.7 Å². The summed E-state index contributed by atoms with van der Waals surface area (Å²) in [5.41, 5.74) is 0. The quantitative estimate of drug-likeness (QED) is 0.798. The van der Waals surface area contributed by atoms with Crippen LogP contribution in [0.15, 0.2) is 0 Å². The van der Waals surface area contributed by atoms with E-state index < -0.39 is 12.0 Å². The first-order valence-corrected chi connectivity index (χ1v) is 7.25. The van der Waals surface area contributed by atoms with Crippen molar-refractivity contribution in [3.05, 3.63) is 0 Å². The van der Waals surface area contributed by atoms with Gasteiger partial charge >= 0.3 is 5.97 Å². The number of hydrogen-bond acceptors (Lipinski definition) is 3. The molecule has 5 nitrogen and oxygen atoms in total. The second kappa shape index (κ2) is 6.37. The van der Waals surface area contributed by atoms with Crippen LogP contribution in [0, 0.1) is 0 Å². The molecule has 1 heterocycles. The first kappa shape index (κ1) is 14.3.